The summed E-state index contributed by atoms with van der Waals surface area (Å²) in [6.07, 6.45) is 2.87. The van der Waals surface area contributed by atoms with Crippen molar-refractivity contribution in [3.05, 3.63) is 76.5 Å². The van der Waals surface area contributed by atoms with Crippen LogP contribution >= 0.6 is 11.3 Å². The lowest BCUT2D eigenvalue weighted by atomic mass is 9.97. The quantitative estimate of drug-likeness (QED) is 0.220. The van der Waals surface area contributed by atoms with E-state index in [1.54, 1.807) is 25.3 Å². The van der Waals surface area contributed by atoms with E-state index in [4.69, 9.17) is 14.1 Å². The van der Waals surface area contributed by atoms with E-state index >= 15 is 0 Å². The molecule has 1 unspecified atom stereocenters. The average molecular weight is 636 g/mol. The Balaban J connectivity index is 1.61. The molecule has 0 radical (unpaired) electrons. The highest BCUT2D eigenvalue weighted by atomic mass is 32.2. The number of hydrogen-bond acceptors (Lipinski definition) is 8. The zero-order chi connectivity index (χ0) is 31.3. The second-order valence-corrected chi connectivity index (χ2v) is 13.7. The van der Waals surface area contributed by atoms with Crippen LogP contribution in [0.25, 0.3) is 44.0 Å². The summed E-state index contributed by atoms with van der Waals surface area (Å²) >= 11 is 1.50. The van der Waals surface area contributed by atoms with Crippen LogP contribution in [0.5, 0.6) is 5.75 Å². The third-order valence-corrected chi connectivity index (χ3v) is 10.2. The van der Waals surface area contributed by atoms with Gasteiger partial charge in [0, 0.05) is 41.6 Å². The largest absolute Gasteiger partial charge is 0.496 e. The van der Waals surface area contributed by atoms with E-state index in [0.717, 1.165) is 28.3 Å². The number of nitrogens with zero attached hydrogens (tertiary/aromatic N) is 2. The summed E-state index contributed by atoms with van der Waals surface area (Å²) in [5.41, 5.74) is 3.88. The third kappa shape index (κ3) is 5.23. The lowest BCUT2D eigenvalue weighted by Gasteiger charge is -2.21. The molecule has 0 spiro atoms. The van der Waals surface area contributed by atoms with Crippen molar-refractivity contribution in [2.24, 2.45) is 0 Å². The highest BCUT2D eigenvalue weighted by molar-refractivity contribution is 7.92. The molecule has 0 bridgehead atoms. The Labute approximate surface area is 258 Å². The van der Waals surface area contributed by atoms with Gasteiger partial charge in [-0.25, -0.2) is 17.8 Å². The fourth-order valence-electron chi connectivity index (χ4n) is 5.51. The van der Waals surface area contributed by atoms with Crippen LogP contribution < -0.4 is 14.4 Å². The monoisotopic (exact) mass is 635 g/mol. The maximum atomic E-state index is 13.7. The van der Waals surface area contributed by atoms with E-state index in [1.807, 2.05) is 12.1 Å². The number of benzene rings is 3. The van der Waals surface area contributed by atoms with Gasteiger partial charge in [-0.15, -0.1) is 11.3 Å². The molecule has 1 amide bonds. The Hall–Kier alpha value is -4.26. The van der Waals surface area contributed by atoms with Gasteiger partial charge in [0.15, 0.2) is 0 Å². The molecular weight excluding hydrogens is 605 g/mol. The van der Waals surface area contributed by atoms with Gasteiger partial charge < -0.3 is 19.6 Å². The van der Waals surface area contributed by atoms with Crippen molar-refractivity contribution in [2.75, 3.05) is 31.8 Å². The van der Waals surface area contributed by atoms with Crippen molar-refractivity contribution in [1.82, 2.24) is 10.3 Å². The van der Waals surface area contributed by atoms with Gasteiger partial charge in [-0.05, 0) is 67.3 Å². The highest BCUT2D eigenvalue weighted by Gasteiger charge is 2.28. The average Bonchev–Trinajstić information content (AvgIpc) is 3.62. The van der Waals surface area contributed by atoms with Crippen LogP contribution in [0.3, 0.4) is 0 Å². The van der Waals surface area contributed by atoms with Gasteiger partial charge in [-0.3, -0.25) is 9.10 Å². The van der Waals surface area contributed by atoms with Crippen molar-refractivity contribution in [3.8, 4) is 38.8 Å². The van der Waals surface area contributed by atoms with Crippen LogP contribution in [0.15, 0.2) is 59.0 Å². The Kier molecular flexibility index (Phi) is 7.68. The second kappa shape index (κ2) is 11.3. The molecule has 44 heavy (non-hydrogen) atoms. The van der Waals surface area contributed by atoms with Crippen LogP contribution in [-0.4, -0.2) is 51.9 Å². The van der Waals surface area contributed by atoms with Gasteiger partial charge in [0.05, 0.1) is 42.0 Å². The van der Waals surface area contributed by atoms with E-state index in [2.05, 4.69) is 5.32 Å². The second-order valence-electron chi connectivity index (χ2n) is 10.6. The molecule has 0 aliphatic heterocycles. The molecule has 0 fully saturated rings. The first-order valence-corrected chi connectivity index (χ1v) is 16.6. The van der Waals surface area contributed by atoms with E-state index in [1.165, 1.54) is 49.7 Å². The maximum absolute atomic E-state index is 13.7. The van der Waals surface area contributed by atoms with Gasteiger partial charge in [0.1, 0.15) is 27.9 Å². The standard InChI is InChI=1S/C32H30FN3O6S2/c1-34-31(38)28-21-15-20(18-10-13-25(41-3)22(14-18)32-35-29-24(37)6-5-7-27(29)43-32)23(36(2)44(4,39)40)16-26(21)42-30(28)17-8-11-19(33)12-9-17/h8-16,24,37H,5-7H2,1-4H3,(H,34,38). The van der Waals surface area contributed by atoms with Gasteiger partial charge in [-0.2, -0.15) is 0 Å². The number of thiazole rings is 1. The van der Waals surface area contributed by atoms with Crippen LogP contribution in [-0.2, 0) is 16.4 Å². The van der Waals surface area contributed by atoms with Crippen LogP contribution in [0.1, 0.15) is 39.9 Å². The molecule has 6 rings (SSSR count). The van der Waals surface area contributed by atoms with E-state index in [0.29, 0.717) is 56.2 Å². The number of amides is 1. The number of sulfonamides is 1. The lowest BCUT2D eigenvalue weighted by molar-refractivity contribution is 0.0964. The van der Waals surface area contributed by atoms with Crippen molar-refractivity contribution in [1.29, 1.82) is 0 Å². The van der Waals surface area contributed by atoms with Gasteiger partial charge in [0.2, 0.25) is 10.0 Å². The molecule has 12 heteroatoms. The number of aromatic nitrogens is 1. The summed E-state index contributed by atoms with van der Waals surface area (Å²) in [5, 5.41) is 14.3. The number of aliphatic hydroxyl groups excluding tert-OH is 1. The SMILES string of the molecule is CNC(=O)c1c(-c2ccc(F)cc2)oc2cc(N(C)S(C)(=O)=O)c(-c3ccc(OC)c(-c4nc5c(s4)CCCC5O)c3)cc12. The van der Waals surface area contributed by atoms with E-state index in [9.17, 15) is 22.7 Å². The molecular formula is C32H30FN3O6S2. The van der Waals surface area contributed by atoms with Crippen LogP contribution in [0.4, 0.5) is 10.1 Å². The molecule has 2 heterocycles. The zero-order valence-corrected chi connectivity index (χ0v) is 26.1. The lowest BCUT2D eigenvalue weighted by Crippen LogP contribution is -2.25. The molecule has 2 N–H and O–H groups in total. The summed E-state index contributed by atoms with van der Waals surface area (Å²) in [5.74, 6) is -0.0506. The number of fused-ring (bicyclic) bond motifs is 2. The Bertz CT molecular complexity index is 2020. The number of nitrogens with one attached hydrogen (secondary N) is 1. The van der Waals surface area contributed by atoms with Crippen molar-refractivity contribution >= 4 is 43.9 Å². The Morgan fingerprint density at radius 1 is 1.14 bits per heavy atom. The van der Waals surface area contributed by atoms with Crippen LogP contribution in [0.2, 0.25) is 0 Å². The first kappa shape index (κ1) is 29.8. The topological polar surface area (TPSA) is 122 Å². The fraction of sp³-hybridized carbons (Fsp3) is 0.250. The number of aryl methyl sites for hydroxylation is 1. The maximum Gasteiger partial charge on any atom is 0.255 e. The number of carbonyl (C=O) groups is 1. The molecule has 1 aliphatic rings. The number of methoxy groups -OCH3 is 1. The number of hydrogen-bond donors (Lipinski definition) is 2. The fourth-order valence-corrected chi connectivity index (χ4v) is 7.20. The molecule has 5 aromatic rings. The minimum Gasteiger partial charge on any atom is -0.496 e. The predicted molar refractivity (Wildman–Crippen MR) is 169 cm³/mol. The number of halogens is 1. The molecule has 228 valence electrons. The number of carbonyl (C=O) groups excluding carboxylic acids is 1. The third-order valence-electron chi connectivity index (χ3n) is 7.87. The van der Waals surface area contributed by atoms with E-state index in [-0.39, 0.29) is 16.9 Å². The number of rotatable bonds is 7. The first-order chi connectivity index (χ1) is 21.0. The van der Waals surface area contributed by atoms with Crippen molar-refractivity contribution < 1.29 is 31.9 Å². The van der Waals surface area contributed by atoms with E-state index < -0.39 is 27.9 Å². The molecule has 1 aliphatic carbocycles. The van der Waals surface area contributed by atoms with Crippen molar-refractivity contribution in [2.45, 2.75) is 25.4 Å². The molecule has 1 atom stereocenters. The molecule has 2 aromatic heterocycles. The molecule has 0 saturated carbocycles. The molecule has 9 nitrogen and oxygen atoms in total. The van der Waals surface area contributed by atoms with Gasteiger partial charge in [-0.1, -0.05) is 6.07 Å². The van der Waals surface area contributed by atoms with Gasteiger partial charge >= 0.3 is 0 Å². The number of aliphatic hydroxyl groups is 1. The molecule has 0 saturated heterocycles. The molecule has 3 aromatic carbocycles. The summed E-state index contributed by atoms with van der Waals surface area (Å²) < 4.78 is 52.3. The summed E-state index contributed by atoms with van der Waals surface area (Å²) in [6, 6.07) is 14.4. The predicted octanol–water partition coefficient (Wildman–Crippen LogP) is 6.16. The smallest absolute Gasteiger partial charge is 0.255 e. The number of ether oxygens (including phenoxy) is 1. The summed E-state index contributed by atoms with van der Waals surface area (Å²) in [4.78, 5) is 19.0. The number of furan rings is 1. The normalized spacial score (nSPS) is 14.8. The number of anilines is 1. The summed E-state index contributed by atoms with van der Waals surface area (Å²) in [6.45, 7) is 0. The minimum atomic E-state index is -3.71. The minimum absolute atomic E-state index is 0.229. The Morgan fingerprint density at radius 3 is 2.52 bits per heavy atom. The van der Waals surface area contributed by atoms with Gasteiger partial charge in [0.25, 0.3) is 5.91 Å². The van der Waals surface area contributed by atoms with Crippen molar-refractivity contribution in [3.63, 3.8) is 0 Å². The first-order valence-electron chi connectivity index (χ1n) is 13.9. The summed E-state index contributed by atoms with van der Waals surface area (Å²) in [7, 11) is 0.803. The zero-order valence-electron chi connectivity index (χ0n) is 24.5. The van der Waals surface area contributed by atoms with Crippen LogP contribution in [0, 0.1) is 5.82 Å². The highest BCUT2D eigenvalue weighted by Crippen LogP contribution is 2.45. The Morgan fingerprint density at radius 2 is 1.86 bits per heavy atom.